The highest BCUT2D eigenvalue weighted by molar-refractivity contribution is 5.87. The summed E-state index contributed by atoms with van der Waals surface area (Å²) < 4.78 is 0. The normalized spacial score (nSPS) is 12.8. The molecule has 0 saturated heterocycles. The van der Waals surface area contributed by atoms with Crippen molar-refractivity contribution in [3.8, 4) is 50.6 Å². The van der Waals surface area contributed by atoms with Gasteiger partial charge in [-0.15, -0.1) is 10.2 Å². The van der Waals surface area contributed by atoms with Gasteiger partial charge < -0.3 is 5.11 Å². The van der Waals surface area contributed by atoms with Gasteiger partial charge in [0.15, 0.2) is 0 Å². The fourth-order valence-corrected chi connectivity index (χ4v) is 6.63. The van der Waals surface area contributed by atoms with E-state index in [0.717, 1.165) is 44.9 Å². The summed E-state index contributed by atoms with van der Waals surface area (Å²) in [4.78, 5) is 10.0. The molecule has 0 saturated carbocycles. The van der Waals surface area contributed by atoms with Gasteiger partial charge in [-0.2, -0.15) is 0 Å². The largest absolute Gasteiger partial charge is 0.507 e. The van der Waals surface area contributed by atoms with E-state index in [2.05, 4.69) is 89.1 Å². The van der Waals surface area contributed by atoms with Gasteiger partial charge in [0.1, 0.15) is 23.5 Å². The fraction of sp³-hybridized carbons (Fsp3) is 0.0256. The van der Waals surface area contributed by atoms with Crippen LogP contribution >= 0.6 is 0 Å². The van der Waals surface area contributed by atoms with Gasteiger partial charge in [0.25, 0.3) is 0 Å². The van der Waals surface area contributed by atoms with Crippen LogP contribution in [0.3, 0.4) is 0 Å². The summed E-state index contributed by atoms with van der Waals surface area (Å²) in [5, 5.41) is 19.4. The molecular formula is C39H26N4O. The van der Waals surface area contributed by atoms with Crippen molar-refractivity contribution in [1.29, 1.82) is 0 Å². The van der Waals surface area contributed by atoms with Crippen LogP contribution < -0.4 is 0 Å². The number of rotatable bonds is 5. The van der Waals surface area contributed by atoms with Crippen molar-refractivity contribution >= 4 is 0 Å². The van der Waals surface area contributed by atoms with E-state index in [0.29, 0.717) is 11.3 Å². The molecule has 2 heterocycles. The van der Waals surface area contributed by atoms with E-state index >= 15 is 0 Å². The van der Waals surface area contributed by atoms with Gasteiger partial charge in [-0.25, -0.2) is 4.98 Å². The van der Waals surface area contributed by atoms with Crippen molar-refractivity contribution in [2.75, 3.05) is 0 Å². The number of fused-ring (bicyclic) bond motifs is 3. The predicted molar refractivity (Wildman–Crippen MR) is 173 cm³/mol. The molecule has 0 bridgehead atoms. The average Bonchev–Trinajstić information content (AvgIpc) is 3.40. The third kappa shape index (κ3) is 3.94. The summed E-state index contributed by atoms with van der Waals surface area (Å²) in [5.74, 6) is 0.199. The molecule has 0 radical (unpaired) electrons. The molecular weight excluding hydrogens is 540 g/mol. The summed E-state index contributed by atoms with van der Waals surface area (Å²) in [6, 6.07) is 49.2. The summed E-state index contributed by atoms with van der Waals surface area (Å²) in [6.45, 7) is 0. The molecule has 208 valence electrons. The van der Waals surface area contributed by atoms with Gasteiger partial charge >= 0.3 is 0 Å². The van der Waals surface area contributed by atoms with Gasteiger partial charge in [-0.3, -0.25) is 4.98 Å². The van der Waals surface area contributed by atoms with E-state index in [1.54, 1.807) is 6.07 Å². The molecule has 0 spiro atoms. The molecule has 0 atom stereocenters. The highest BCUT2D eigenvalue weighted by Gasteiger charge is 2.47. The van der Waals surface area contributed by atoms with Crippen molar-refractivity contribution in [2.45, 2.75) is 5.41 Å². The molecule has 0 fully saturated rings. The molecule has 1 N–H and O–H groups in total. The first-order valence-electron chi connectivity index (χ1n) is 14.5. The highest BCUT2D eigenvalue weighted by Crippen LogP contribution is 2.56. The van der Waals surface area contributed by atoms with E-state index in [9.17, 15) is 5.11 Å². The van der Waals surface area contributed by atoms with Crippen LogP contribution in [-0.2, 0) is 5.41 Å². The zero-order chi connectivity index (χ0) is 29.5. The van der Waals surface area contributed by atoms with Gasteiger partial charge in [0.05, 0.1) is 16.8 Å². The van der Waals surface area contributed by atoms with Crippen LogP contribution in [0, 0.1) is 0 Å². The Morgan fingerprint density at radius 1 is 0.523 bits per heavy atom. The Kier molecular flexibility index (Phi) is 6.09. The van der Waals surface area contributed by atoms with Gasteiger partial charge in [0.2, 0.25) is 0 Å². The van der Waals surface area contributed by atoms with E-state index in [1.165, 1.54) is 17.5 Å². The number of hydrogen-bond donors (Lipinski definition) is 1. The maximum atomic E-state index is 10.7. The number of para-hydroxylation sites is 1. The monoisotopic (exact) mass is 566 g/mol. The number of phenols is 1. The lowest BCUT2D eigenvalue weighted by Crippen LogP contribution is -2.30. The van der Waals surface area contributed by atoms with Crippen LogP contribution in [0.5, 0.6) is 5.75 Å². The molecule has 2 aromatic heterocycles. The number of benzene rings is 5. The Balaban J connectivity index is 1.42. The molecule has 44 heavy (non-hydrogen) atoms. The zero-order valence-electron chi connectivity index (χ0n) is 23.7. The van der Waals surface area contributed by atoms with Crippen LogP contribution in [0.2, 0.25) is 0 Å². The topological polar surface area (TPSA) is 71.8 Å². The van der Waals surface area contributed by atoms with E-state index < -0.39 is 5.41 Å². The van der Waals surface area contributed by atoms with E-state index in [4.69, 9.17) is 9.97 Å². The molecule has 5 aromatic carbocycles. The van der Waals surface area contributed by atoms with Crippen molar-refractivity contribution < 1.29 is 5.11 Å². The van der Waals surface area contributed by atoms with Crippen molar-refractivity contribution in [1.82, 2.24) is 20.2 Å². The first-order valence-corrected chi connectivity index (χ1v) is 14.5. The second-order valence-corrected chi connectivity index (χ2v) is 10.9. The van der Waals surface area contributed by atoms with Gasteiger partial charge in [-0.05, 0) is 58.1 Å². The minimum absolute atomic E-state index is 0.199. The highest BCUT2D eigenvalue weighted by atomic mass is 16.3. The van der Waals surface area contributed by atoms with Crippen LogP contribution in [0.15, 0.2) is 152 Å². The maximum absolute atomic E-state index is 10.7. The third-order valence-electron chi connectivity index (χ3n) is 8.50. The number of aromatic nitrogens is 4. The molecule has 0 unspecified atom stereocenters. The lowest BCUT2D eigenvalue weighted by Gasteiger charge is -2.33. The smallest absolute Gasteiger partial charge is 0.138 e. The molecule has 1 aliphatic carbocycles. The summed E-state index contributed by atoms with van der Waals surface area (Å²) in [7, 11) is 0. The van der Waals surface area contributed by atoms with Gasteiger partial charge in [0, 0.05) is 16.7 Å². The van der Waals surface area contributed by atoms with Gasteiger partial charge in [-0.1, -0.05) is 115 Å². The van der Waals surface area contributed by atoms with Crippen molar-refractivity contribution in [3.05, 3.63) is 174 Å². The SMILES string of the molecule is Oc1ccccc1-c1cccc(C2(c3cccc(-c4ncnnc4-c4ccccc4)c3)c3ccccc3-c3ccccc32)n1. The summed E-state index contributed by atoms with van der Waals surface area (Å²) in [6.07, 6.45) is 1.50. The van der Waals surface area contributed by atoms with Crippen LogP contribution in [0.4, 0.5) is 0 Å². The quantitative estimate of drug-likeness (QED) is 0.227. The Morgan fingerprint density at radius 3 is 1.91 bits per heavy atom. The number of phenolic OH excluding ortho intramolecular Hbond substituents is 1. The number of pyridine rings is 1. The first kappa shape index (κ1) is 25.7. The standard InChI is InChI=1S/C39H26N4O/c44-35-22-9-6-18-31(35)34-21-11-23-36(42-34)39(32-19-7-4-16-29(32)30-17-5-8-20-33(30)39)28-15-10-14-27(24-28)37-38(43-41-25-40-37)26-12-2-1-3-13-26/h1-25,44H. The Hall–Kier alpha value is -5.94. The Bertz CT molecular complexity index is 2110. The number of hydrogen-bond acceptors (Lipinski definition) is 5. The molecule has 5 heteroatoms. The molecule has 1 aliphatic rings. The summed E-state index contributed by atoms with van der Waals surface area (Å²) >= 11 is 0. The minimum Gasteiger partial charge on any atom is -0.507 e. The lowest BCUT2D eigenvalue weighted by molar-refractivity contribution is 0.477. The molecule has 0 amide bonds. The Labute approximate surface area is 255 Å². The second kappa shape index (κ2) is 10.4. The molecule has 8 rings (SSSR count). The van der Waals surface area contributed by atoms with Crippen molar-refractivity contribution in [2.24, 2.45) is 0 Å². The lowest BCUT2D eigenvalue weighted by atomic mass is 9.69. The number of aromatic hydroxyl groups is 1. The Morgan fingerprint density at radius 2 is 1.16 bits per heavy atom. The average molecular weight is 567 g/mol. The zero-order valence-corrected chi connectivity index (χ0v) is 23.7. The first-order chi connectivity index (χ1) is 21.7. The minimum atomic E-state index is -0.725. The molecule has 0 aliphatic heterocycles. The van der Waals surface area contributed by atoms with Crippen molar-refractivity contribution in [3.63, 3.8) is 0 Å². The molecule has 7 aromatic rings. The maximum Gasteiger partial charge on any atom is 0.138 e. The van der Waals surface area contributed by atoms with Crippen LogP contribution in [-0.4, -0.2) is 25.3 Å². The molecule has 5 nitrogen and oxygen atoms in total. The third-order valence-corrected chi connectivity index (χ3v) is 8.50. The van der Waals surface area contributed by atoms with E-state index in [-0.39, 0.29) is 5.75 Å². The summed E-state index contributed by atoms with van der Waals surface area (Å²) in [5.41, 5.74) is 10.7. The van der Waals surface area contributed by atoms with Crippen LogP contribution in [0.25, 0.3) is 44.9 Å². The second-order valence-electron chi connectivity index (χ2n) is 10.9. The number of nitrogens with zero attached hydrogens (tertiary/aromatic N) is 4. The predicted octanol–water partition coefficient (Wildman–Crippen LogP) is 8.34. The fourth-order valence-electron chi connectivity index (χ4n) is 6.63. The van der Waals surface area contributed by atoms with E-state index in [1.807, 2.05) is 60.7 Å². The van der Waals surface area contributed by atoms with Crippen LogP contribution in [0.1, 0.15) is 22.4 Å².